The van der Waals surface area contributed by atoms with Gasteiger partial charge in [0.15, 0.2) is 0 Å². The summed E-state index contributed by atoms with van der Waals surface area (Å²) in [6.45, 7) is 3.58. The molecule has 3 amide bonds. The van der Waals surface area contributed by atoms with E-state index in [4.69, 9.17) is 5.73 Å². The Bertz CT molecular complexity index is 264. The van der Waals surface area contributed by atoms with Gasteiger partial charge in [0.25, 0.3) is 0 Å². The Morgan fingerprint density at radius 1 is 1.53 bits per heavy atom. The third-order valence-electron chi connectivity index (χ3n) is 2.90. The molecule has 2 atom stereocenters. The molecule has 1 aliphatic rings. The predicted molar refractivity (Wildman–Crippen MR) is 65.4 cm³/mol. The molecule has 0 aromatic rings. The molecule has 6 heteroatoms. The fraction of sp³-hybridized carbons (Fsp3) is 0.818. The third kappa shape index (κ3) is 5.04. The van der Waals surface area contributed by atoms with E-state index in [2.05, 4.69) is 16.0 Å². The Kier molecular flexibility index (Phi) is 5.76. The standard InChI is InChI=1S/C11H22N4O2/c1-2-4-9(15-11(12)17)10(16)14-7-8-5-3-6-13-8/h8-9,13H,2-7H2,1H3,(H,14,16)(H3,12,15,17)/t8?,9-/m1/s1. The predicted octanol–water partition coefficient (Wildman–Crippen LogP) is -0.308. The van der Waals surface area contributed by atoms with Gasteiger partial charge in [0.1, 0.15) is 6.04 Å². The van der Waals surface area contributed by atoms with E-state index < -0.39 is 12.1 Å². The highest BCUT2D eigenvalue weighted by molar-refractivity contribution is 5.86. The molecule has 0 radical (unpaired) electrons. The maximum absolute atomic E-state index is 11.8. The van der Waals surface area contributed by atoms with E-state index in [1.807, 2.05) is 6.92 Å². The largest absolute Gasteiger partial charge is 0.353 e. The fourth-order valence-corrected chi connectivity index (χ4v) is 2.01. The SMILES string of the molecule is CCC[C@@H](NC(N)=O)C(=O)NCC1CCCN1. The summed E-state index contributed by atoms with van der Waals surface area (Å²) in [6, 6.07) is -0.814. The lowest BCUT2D eigenvalue weighted by Crippen LogP contribution is -2.50. The van der Waals surface area contributed by atoms with Gasteiger partial charge >= 0.3 is 6.03 Å². The van der Waals surface area contributed by atoms with Gasteiger partial charge in [0.05, 0.1) is 0 Å². The number of carbonyl (C=O) groups excluding carboxylic acids is 2. The molecule has 0 bridgehead atoms. The first-order chi connectivity index (χ1) is 8.13. The van der Waals surface area contributed by atoms with Gasteiger partial charge in [-0.3, -0.25) is 4.79 Å². The summed E-state index contributed by atoms with van der Waals surface area (Å²) >= 11 is 0. The minimum Gasteiger partial charge on any atom is -0.353 e. The summed E-state index contributed by atoms with van der Waals surface area (Å²) in [5, 5.41) is 8.60. The molecular weight excluding hydrogens is 220 g/mol. The van der Waals surface area contributed by atoms with Crippen LogP contribution in [-0.4, -0.2) is 37.1 Å². The molecule has 17 heavy (non-hydrogen) atoms. The molecule has 0 aliphatic carbocycles. The fourth-order valence-electron chi connectivity index (χ4n) is 2.01. The van der Waals surface area contributed by atoms with Gasteiger partial charge < -0.3 is 21.7 Å². The smallest absolute Gasteiger partial charge is 0.312 e. The second kappa shape index (κ2) is 7.11. The van der Waals surface area contributed by atoms with Crippen LogP contribution in [0.25, 0.3) is 0 Å². The molecule has 1 unspecified atom stereocenters. The van der Waals surface area contributed by atoms with E-state index in [-0.39, 0.29) is 5.91 Å². The quantitative estimate of drug-likeness (QED) is 0.514. The van der Waals surface area contributed by atoms with Crippen molar-refractivity contribution < 1.29 is 9.59 Å². The third-order valence-corrected chi connectivity index (χ3v) is 2.90. The Labute approximate surface area is 102 Å². The maximum atomic E-state index is 11.8. The Hall–Kier alpha value is -1.30. The van der Waals surface area contributed by atoms with Gasteiger partial charge in [-0.2, -0.15) is 0 Å². The highest BCUT2D eigenvalue weighted by atomic mass is 16.2. The van der Waals surface area contributed by atoms with Crippen LogP contribution < -0.4 is 21.7 Å². The number of urea groups is 1. The molecule has 1 rings (SSSR count). The van der Waals surface area contributed by atoms with E-state index in [1.165, 1.54) is 0 Å². The molecule has 0 saturated carbocycles. The van der Waals surface area contributed by atoms with Crippen molar-refractivity contribution in [2.45, 2.75) is 44.7 Å². The van der Waals surface area contributed by atoms with Crippen LogP contribution in [-0.2, 0) is 4.79 Å². The molecule has 1 fully saturated rings. The molecule has 1 saturated heterocycles. The second-order valence-corrected chi connectivity index (χ2v) is 4.39. The normalized spacial score (nSPS) is 20.9. The number of carbonyl (C=O) groups is 2. The Morgan fingerprint density at radius 3 is 2.82 bits per heavy atom. The lowest BCUT2D eigenvalue weighted by molar-refractivity contribution is -0.123. The molecule has 1 aliphatic heterocycles. The molecule has 0 spiro atoms. The van der Waals surface area contributed by atoms with Crippen LogP contribution in [0.4, 0.5) is 4.79 Å². The van der Waals surface area contributed by atoms with E-state index in [9.17, 15) is 9.59 Å². The number of nitrogens with two attached hydrogens (primary N) is 1. The summed E-state index contributed by atoms with van der Waals surface area (Å²) in [6.07, 6.45) is 3.66. The number of nitrogens with one attached hydrogen (secondary N) is 3. The summed E-state index contributed by atoms with van der Waals surface area (Å²) in [7, 11) is 0. The number of hydrogen-bond acceptors (Lipinski definition) is 3. The summed E-state index contributed by atoms with van der Waals surface area (Å²) in [5.74, 6) is -0.153. The minimum atomic E-state index is -0.655. The van der Waals surface area contributed by atoms with Gasteiger partial charge in [-0.25, -0.2) is 4.79 Å². The zero-order valence-corrected chi connectivity index (χ0v) is 10.3. The van der Waals surface area contributed by atoms with Gasteiger partial charge in [-0.05, 0) is 25.8 Å². The summed E-state index contributed by atoms with van der Waals surface area (Å²) in [5.41, 5.74) is 5.04. The van der Waals surface area contributed by atoms with Crippen molar-refractivity contribution in [1.29, 1.82) is 0 Å². The monoisotopic (exact) mass is 242 g/mol. The van der Waals surface area contributed by atoms with Crippen LogP contribution in [0.2, 0.25) is 0 Å². The van der Waals surface area contributed by atoms with Crippen LogP contribution in [0, 0.1) is 0 Å². The minimum absolute atomic E-state index is 0.153. The number of primary amides is 1. The molecule has 0 aromatic heterocycles. The van der Waals surface area contributed by atoms with Crippen molar-refractivity contribution in [2.75, 3.05) is 13.1 Å². The Morgan fingerprint density at radius 2 is 2.29 bits per heavy atom. The first-order valence-electron chi connectivity index (χ1n) is 6.20. The van der Waals surface area contributed by atoms with Crippen LogP contribution in [0.1, 0.15) is 32.6 Å². The van der Waals surface area contributed by atoms with Crippen LogP contribution >= 0.6 is 0 Å². The van der Waals surface area contributed by atoms with Gasteiger partial charge in [-0.1, -0.05) is 13.3 Å². The molecule has 5 N–H and O–H groups in total. The second-order valence-electron chi connectivity index (χ2n) is 4.39. The highest BCUT2D eigenvalue weighted by Crippen LogP contribution is 2.03. The topological polar surface area (TPSA) is 96.2 Å². The molecular formula is C11H22N4O2. The van der Waals surface area contributed by atoms with Crippen molar-refractivity contribution in [2.24, 2.45) is 5.73 Å². The first-order valence-corrected chi connectivity index (χ1v) is 6.20. The number of rotatable bonds is 6. The van der Waals surface area contributed by atoms with Crippen molar-refractivity contribution in [3.05, 3.63) is 0 Å². The zero-order valence-electron chi connectivity index (χ0n) is 10.3. The highest BCUT2D eigenvalue weighted by Gasteiger charge is 2.20. The van der Waals surface area contributed by atoms with E-state index in [1.54, 1.807) is 0 Å². The molecule has 0 aromatic carbocycles. The summed E-state index contributed by atoms with van der Waals surface area (Å²) < 4.78 is 0. The van der Waals surface area contributed by atoms with E-state index in [0.717, 1.165) is 25.8 Å². The molecule has 1 heterocycles. The van der Waals surface area contributed by atoms with Gasteiger partial charge in [0.2, 0.25) is 5.91 Å². The van der Waals surface area contributed by atoms with Gasteiger partial charge in [-0.15, -0.1) is 0 Å². The number of amides is 3. The van der Waals surface area contributed by atoms with Crippen molar-refractivity contribution >= 4 is 11.9 Å². The lowest BCUT2D eigenvalue weighted by Gasteiger charge is -2.18. The van der Waals surface area contributed by atoms with E-state index >= 15 is 0 Å². The average molecular weight is 242 g/mol. The lowest BCUT2D eigenvalue weighted by atomic mass is 10.1. The Balaban J connectivity index is 2.32. The van der Waals surface area contributed by atoms with E-state index in [0.29, 0.717) is 19.0 Å². The molecule has 6 nitrogen and oxygen atoms in total. The molecule has 98 valence electrons. The average Bonchev–Trinajstić information content (AvgIpc) is 2.77. The first kappa shape index (κ1) is 13.8. The summed E-state index contributed by atoms with van der Waals surface area (Å²) in [4.78, 5) is 22.6. The maximum Gasteiger partial charge on any atom is 0.312 e. The van der Waals surface area contributed by atoms with Crippen molar-refractivity contribution in [3.8, 4) is 0 Å². The van der Waals surface area contributed by atoms with Crippen LogP contribution in [0.15, 0.2) is 0 Å². The van der Waals surface area contributed by atoms with Crippen LogP contribution in [0.5, 0.6) is 0 Å². The zero-order chi connectivity index (χ0) is 12.7. The van der Waals surface area contributed by atoms with Crippen LogP contribution in [0.3, 0.4) is 0 Å². The van der Waals surface area contributed by atoms with Crippen molar-refractivity contribution in [1.82, 2.24) is 16.0 Å². The van der Waals surface area contributed by atoms with Crippen molar-refractivity contribution in [3.63, 3.8) is 0 Å². The van der Waals surface area contributed by atoms with Gasteiger partial charge in [0, 0.05) is 12.6 Å². The number of hydrogen-bond donors (Lipinski definition) is 4.